The van der Waals surface area contributed by atoms with E-state index >= 15 is 0 Å². The standard InChI is InChI=1S/C10H16N2O3S3/c1-5-16-10-8(18(4,14)15)6(11)7(17-10)9(13)12(2)3/h5,11H2,1-4H3. The molecular formula is C10H16N2O3S3. The number of thioether (sulfide) groups is 1. The van der Waals surface area contributed by atoms with Crippen LogP contribution in [0.3, 0.4) is 0 Å². The number of nitrogens with zero attached hydrogens (tertiary/aromatic N) is 1. The number of sulfone groups is 1. The quantitative estimate of drug-likeness (QED) is 0.854. The van der Waals surface area contributed by atoms with Crippen molar-refractivity contribution in [2.24, 2.45) is 0 Å². The van der Waals surface area contributed by atoms with Crippen LogP contribution in [-0.2, 0) is 9.84 Å². The van der Waals surface area contributed by atoms with Crippen LogP contribution >= 0.6 is 23.1 Å². The van der Waals surface area contributed by atoms with Crippen molar-refractivity contribution in [3.63, 3.8) is 0 Å². The maximum atomic E-state index is 11.9. The van der Waals surface area contributed by atoms with Gasteiger partial charge in [-0.1, -0.05) is 6.92 Å². The molecule has 0 aliphatic heterocycles. The zero-order valence-corrected chi connectivity index (χ0v) is 13.1. The molecule has 8 heteroatoms. The summed E-state index contributed by atoms with van der Waals surface area (Å²) < 4.78 is 24.1. The minimum Gasteiger partial charge on any atom is -0.396 e. The average Bonchev–Trinajstić information content (AvgIpc) is 2.54. The lowest BCUT2D eigenvalue weighted by atomic mass is 10.3. The summed E-state index contributed by atoms with van der Waals surface area (Å²) in [5.74, 6) is 0.447. The van der Waals surface area contributed by atoms with Gasteiger partial charge in [0.1, 0.15) is 9.77 Å². The van der Waals surface area contributed by atoms with Gasteiger partial charge in [-0.2, -0.15) is 0 Å². The molecule has 0 aliphatic carbocycles. The fraction of sp³-hybridized carbons (Fsp3) is 0.500. The van der Waals surface area contributed by atoms with Crippen molar-refractivity contribution < 1.29 is 13.2 Å². The number of anilines is 1. The molecule has 0 saturated carbocycles. The fourth-order valence-corrected chi connectivity index (χ4v) is 5.64. The van der Waals surface area contributed by atoms with Crippen molar-refractivity contribution in [1.82, 2.24) is 4.90 Å². The number of hydrogen-bond donors (Lipinski definition) is 1. The molecule has 1 aromatic heterocycles. The highest BCUT2D eigenvalue weighted by Gasteiger charge is 2.27. The Morgan fingerprint density at radius 2 is 2.00 bits per heavy atom. The van der Waals surface area contributed by atoms with E-state index in [0.29, 0.717) is 4.21 Å². The van der Waals surface area contributed by atoms with Gasteiger partial charge in [-0.05, 0) is 5.75 Å². The third-order valence-corrected chi connectivity index (χ3v) is 5.89. The van der Waals surface area contributed by atoms with Gasteiger partial charge in [-0.3, -0.25) is 4.79 Å². The summed E-state index contributed by atoms with van der Waals surface area (Å²) >= 11 is 2.52. The van der Waals surface area contributed by atoms with Crippen molar-refractivity contribution >= 4 is 44.5 Å². The lowest BCUT2D eigenvalue weighted by Gasteiger charge is -2.08. The van der Waals surface area contributed by atoms with Gasteiger partial charge in [0.25, 0.3) is 5.91 Å². The Kier molecular flexibility index (Phi) is 4.68. The van der Waals surface area contributed by atoms with Crippen LogP contribution in [0, 0.1) is 0 Å². The predicted octanol–water partition coefficient (Wildman–Crippen LogP) is 1.55. The monoisotopic (exact) mass is 308 g/mol. The first-order valence-corrected chi connectivity index (χ1v) is 8.86. The highest BCUT2D eigenvalue weighted by Crippen LogP contribution is 2.41. The summed E-state index contributed by atoms with van der Waals surface area (Å²) in [5, 5.41) is 0. The second-order valence-electron chi connectivity index (χ2n) is 3.87. The number of rotatable bonds is 4. The van der Waals surface area contributed by atoms with Crippen LogP contribution in [0.4, 0.5) is 5.69 Å². The molecule has 1 amide bonds. The number of hydrogen-bond acceptors (Lipinski definition) is 6. The second-order valence-corrected chi connectivity index (χ2v) is 8.37. The van der Waals surface area contributed by atoms with Crippen molar-refractivity contribution in [2.45, 2.75) is 16.0 Å². The number of nitrogen functional groups attached to an aromatic ring is 1. The average molecular weight is 308 g/mol. The largest absolute Gasteiger partial charge is 0.396 e. The minimum absolute atomic E-state index is 0.0668. The molecule has 1 rings (SSSR count). The van der Waals surface area contributed by atoms with Crippen molar-refractivity contribution in [3.05, 3.63) is 4.88 Å². The molecule has 0 radical (unpaired) electrons. The third-order valence-electron chi connectivity index (χ3n) is 2.12. The van der Waals surface area contributed by atoms with Gasteiger partial charge < -0.3 is 10.6 Å². The fourth-order valence-electron chi connectivity index (χ4n) is 1.35. The predicted molar refractivity (Wildman–Crippen MR) is 76.3 cm³/mol. The maximum absolute atomic E-state index is 11.9. The summed E-state index contributed by atoms with van der Waals surface area (Å²) in [6.45, 7) is 1.92. The lowest BCUT2D eigenvalue weighted by molar-refractivity contribution is 0.0833. The molecule has 1 heterocycles. The summed E-state index contributed by atoms with van der Waals surface area (Å²) in [5.41, 5.74) is 5.90. The topological polar surface area (TPSA) is 80.5 Å². The second kappa shape index (κ2) is 5.50. The number of carbonyl (C=O) groups is 1. The molecule has 0 aromatic carbocycles. The minimum atomic E-state index is -3.43. The Bertz CT molecular complexity index is 561. The van der Waals surface area contributed by atoms with E-state index in [1.54, 1.807) is 14.1 Å². The van der Waals surface area contributed by atoms with Gasteiger partial charge in [0.05, 0.1) is 9.90 Å². The molecule has 2 N–H and O–H groups in total. The van der Waals surface area contributed by atoms with Gasteiger partial charge in [0.15, 0.2) is 9.84 Å². The van der Waals surface area contributed by atoms with E-state index in [1.807, 2.05) is 6.92 Å². The Hall–Kier alpha value is -0.730. The van der Waals surface area contributed by atoms with Crippen LogP contribution < -0.4 is 5.73 Å². The maximum Gasteiger partial charge on any atom is 0.265 e. The SMILES string of the molecule is CCSc1sc(C(=O)N(C)C)c(N)c1S(C)(=O)=O. The normalized spacial score (nSPS) is 11.6. The van der Waals surface area contributed by atoms with E-state index < -0.39 is 9.84 Å². The Balaban J connectivity index is 3.47. The number of amides is 1. The molecule has 5 nitrogen and oxygen atoms in total. The van der Waals surface area contributed by atoms with E-state index in [2.05, 4.69) is 0 Å². The van der Waals surface area contributed by atoms with Crippen LogP contribution in [0.25, 0.3) is 0 Å². The highest BCUT2D eigenvalue weighted by atomic mass is 32.2. The van der Waals surface area contributed by atoms with Crippen LogP contribution in [0.2, 0.25) is 0 Å². The Morgan fingerprint density at radius 1 is 1.44 bits per heavy atom. The van der Waals surface area contributed by atoms with Gasteiger partial charge >= 0.3 is 0 Å². The Labute approximate surface area is 115 Å². The zero-order chi connectivity index (χ0) is 14.1. The van der Waals surface area contributed by atoms with E-state index in [-0.39, 0.29) is 21.4 Å². The first kappa shape index (κ1) is 15.3. The van der Waals surface area contributed by atoms with Crippen molar-refractivity contribution in [3.8, 4) is 0 Å². The van der Waals surface area contributed by atoms with Crippen LogP contribution in [0.5, 0.6) is 0 Å². The molecule has 0 unspecified atom stereocenters. The number of nitrogens with two attached hydrogens (primary N) is 1. The number of thiophene rings is 1. The number of carbonyl (C=O) groups excluding carboxylic acids is 1. The van der Waals surface area contributed by atoms with Crippen molar-refractivity contribution in [1.29, 1.82) is 0 Å². The molecule has 0 fully saturated rings. The van der Waals surface area contributed by atoms with E-state index in [1.165, 1.54) is 16.7 Å². The van der Waals surface area contributed by atoms with Gasteiger partial charge in [-0.25, -0.2) is 8.42 Å². The molecule has 1 aromatic rings. The summed E-state index contributed by atoms with van der Waals surface area (Å²) in [4.78, 5) is 13.7. The summed E-state index contributed by atoms with van der Waals surface area (Å²) in [7, 11) is -0.220. The van der Waals surface area contributed by atoms with E-state index in [9.17, 15) is 13.2 Å². The summed E-state index contributed by atoms with van der Waals surface area (Å²) in [6.07, 6.45) is 1.11. The molecule has 0 aliphatic rings. The molecule has 0 spiro atoms. The van der Waals surface area contributed by atoms with Crippen molar-refractivity contribution in [2.75, 3.05) is 31.8 Å². The lowest BCUT2D eigenvalue weighted by Crippen LogP contribution is -2.21. The molecule has 18 heavy (non-hydrogen) atoms. The van der Waals surface area contributed by atoms with Gasteiger partial charge in [-0.15, -0.1) is 23.1 Å². The third kappa shape index (κ3) is 2.99. The van der Waals surface area contributed by atoms with E-state index in [4.69, 9.17) is 5.73 Å². The van der Waals surface area contributed by atoms with Crippen LogP contribution in [0.15, 0.2) is 9.10 Å². The first-order chi connectivity index (χ1) is 8.20. The zero-order valence-electron chi connectivity index (χ0n) is 10.7. The molecule has 0 bridgehead atoms. The molecule has 0 atom stereocenters. The van der Waals surface area contributed by atoms with Gasteiger partial charge in [0, 0.05) is 20.4 Å². The molecule has 102 valence electrons. The molecule has 0 saturated heterocycles. The smallest absolute Gasteiger partial charge is 0.265 e. The molecular weight excluding hydrogens is 292 g/mol. The van der Waals surface area contributed by atoms with Gasteiger partial charge in [0.2, 0.25) is 0 Å². The highest BCUT2D eigenvalue weighted by molar-refractivity contribution is 8.02. The van der Waals surface area contributed by atoms with Crippen LogP contribution in [-0.4, -0.2) is 45.3 Å². The van der Waals surface area contributed by atoms with E-state index in [0.717, 1.165) is 23.3 Å². The summed E-state index contributed by atoms with van der Waals surface area (Å²) in [6, 6.07) is 0. The first-order valence-electron chi connectivity index (χ1n) is 5.16. The van der Waals surface area contributed by atoms with Crippen LogP contribution in [0.1, 0.15) is 16.6 Å². The Morgan fingerprint density at radius 3 is 2.39 bits per heavy atom.